The van der Waals surface area contributed by atoms with E-state index in [4.69, 9.17) is 4.74 Å². The van der Waals surface area contributed by atoms with E-state index < -0.39 is 18.4 Å². The molecule has 0 aromatic heterocycles. The molecule has 0 heterocycles. The van der Waals surface area contributed by atoms with Gasteiger partial charge in [0.1, 0.15) is 0 Å². The minimum absolute atomic E-state index is 0.0257. The first-order valence-corrected chi connectivity index (χ1v) is 18.0. The molecule has 1 rings (SSSR count). The molecule has 0 saturated carbocycles. The molecule has 0 aromatic carbocycles. The number of carbonyl (C=O) groups excluding carboxylic acids is 1. The van der Waals surface area contributed by atoms with E-state index in [1.807, 2.05) is 6.92 Å². The third kappa shape index (κ3) is 6.38. The van der Waals surface area contributed by atoms with Crippen molar-refractivity contribution >= 4 is 24.3 Å². The van der Waals surface area contributed by atoms with Gasteiger partial charge in [-0.25, -0.2) is 0 Å². The maximum atomic E-state index is 12.6. The van der Waals surface area contributed by atoms with E-state index >= 15 is 0 Å². The maximum absolute atomic E-state index is 12.6. The van der Waals surface area contributed by atoms with Gasteiger partial charge < -0.3 is 0 Å². The van der Waals surface area contributed by atoms with Gasteiger partial charge in [0.15, 0.2) is 0 Å². The fourth-order valence-corrected chi connectivity index (χ4v) is 22.3. The van der Waals surface area contributed by atoms with Crippen LogP contribution in [0.4, 0.5) is 0 Å². The minimum atomic E-state index is -2.45. The summed E-state index contributed by atoms with van der Waals surface area (Å²) in [5, 5.41) is 0. The van der Waals surface area contributed by atoms with Gasteiger partial charge in [-0.05, 0) is 0 Å². The van der Waals surface area contributed by atoms with Crippen LogP contribution < -0.4 is 0 Å². The zero-order valence-corrected chi connectivity index (χ0v) is 19.6. The predicted molar refractivity (Wildman–Crippen MR) is 107 cm³/mol. The molecule has 0 N–H and O–H groups in total. The van der Waals surface area contributed by atoms with Gasteiger partial charge in [0.05, 0.1) is 0 Å². The summed E-state index contributed by atoms with van der Waals surface area (Å²) in [5.74, 6) is 0.0257. The van der Waals surface area contributed by atoms with Crippen molar-refractivity contribution in [1.29, 1.82) is 0 Å². The third-order valence-electron chi connectivity index (χ3n) is 5.66. The zero-order valence-electron chi connectivity index (χ0n) is 16.7. The molecule has 0 aromatic rings. The summed E-state index contributed by atoms with van der Waals surface area (Å²) >= 11 is -2.45. The van der Waals surface area contributed by atoms with Crippen molar-refractivity contribution in [1.82, 2.24) is 0 Å². The standard InChI is InChI=1S/C9H13O2.3C4H9.Sn/c1-2-11-9(10)8-6-4-3-5-7-8;3*1-3-4-2;/h2-6H2,1H3;3*1,3-4H2,2H3;. The molecule has 0 amide bonds. The van der Waals surface area contributed by atoms with Gasteiger partial charge in [-0.3, -0.25) is 0 Å². The Morgan fingerprint density at radius 1 is 0.875 bits per heavy atom. The summed E-state index contributed by atoms with van der Waals surface area (Å²) in [7, 11) is 0. The number of rotatable bonds is 12. The Balaban J connectivity index is 3.24. The topological polar surface area (TPSA) is 26.3 Å². The Morgan fingerprint density at radius 2 is 1.38 bits per heavy atom. The average Bonchev–Trinajstić information content (AvgIpc) is 2.62. The number of hydrogen-bond acceptors (Lipinski definition) is 2. The fourth-order valence-electron chi connectivity index (χ4n) is 4.31. The quantitative estimate of drug-likeness (QED) is 0.245. The molecule has 3 heteroatoms. The molecule has 140 valence electrons. The molecule has 0 fully saturated rings. The molecule has 24 heavy (non-hydrogen) atoms. The Labute approximate surface area is 154 Å². The third-order valence-corrected chi connectivity index (χ3v) is 22.1. The van der Waals surface area contributed by atoms with Crippen LogP contribution in [0, 0.1) is 0 Å². The van der Waals surface area contributed by atoms with E-state index in [-0.39, 0.29) is 5.97 Å². The van der Waals surface area contributed by atoms with Gasteiger partial charge in [-0.2, -0.15) is 0 Å². The van der Waals surface area contributed by atoms with Crippen LogP contribution in [0.15, 0.2) is 9.16 Å². The van der Waals surface area contributed by atoms with Crippen molar-refractivity contribution < 1.29 is 9.53 Å². The molecule has 0 saturated heterocycles. The normalized spacial score (nSPS) is 15.7. The SMILES string of the molecule is CCC[CH2][Sn]([CH2]CCC)([CH2]CCC)[C]1=C(C(=O)OCC)CCCC1. The molecule has 0 spiro atoms. The Bertz CT molecular complexity index is 379. The number of allylic oxidation sites excluding steroid dienone is 1. The van der Waals surface area contributed by atoms with E-state index in [2.05, 4.69) is 20.8 Å². The molecule has 2 nitrogen and oxygen atoms in total. The zero-order chi connectivity index (χ0) is 17.8. The predicted octanol–water partition coefficient (Wildman–Crippen LogP) is 6.81. The van der Waals surface area contributed by atoms with Gasteiger partial charge in [0.2, 0.25) is 0 Å². The van der Waals surface area contributed by atoms with Crippen LogP contribution in [0.1, 0.15) is 91.9 Å². The summed E-state index contributed by atoms with van der Waals surface area (Å²) < 4.78 is 11.5. The number of hydrogen-bond donors (Lipinski definition) is 0. The molecule has 0 radical (unpaired) electrons. The molecule has 1 aliphatic rings. The summed E-state index contributed by atoms with van der Waals surface area (Å²) in [5.41, 5.74) is 1.14. The van der Waals surface area contributed by atoms with Crippen molar-refractivity contribution in [2.75, 3.05) is 6.61 Å². The van der Waals surface area contributed by atoms with E-state index in [0.717, 1.165) is 12.0 Å². The van der Waals surface area contributed by atoms with Crippen molar-refractivity contribution in [2.45, 2.75) is 105 Å². The van der Waals surface area contributed by atoms with Gasteiger partial charge in [0.25, 0.3) is 0 Å². The van der Waals surface area contributed by atoms with Gasteiger partial charge in [-0.15, -0.1) is 0 Å². The molecular weight excluding hydrogens is 403 g/mol. The fraction of sp³-hybridized carbons (Fsp3) is 0.857. The van der Waals surface area contributed by atoms with Gasteiger partial charge in [0, 0.05) is 0 Å². The summed E-state index contributed by atoms with van der Waals surface area (Å²) in [6, 6.07) is 0. The molecule has 0 atom stereocenters. The first-order chi connectivity index (χ1) is 11.6. The second kappa shape index (κ2) is 12.4. The summed E-state index contributed by atoms with van der Waals surface area (Å²) in [6.45, 7) is 9.40. The number of esters is 1. The average molecular weight is 443 g/mol. The van der Waals surface area contributed by atoms with Crippen LogP contribution >= 0.6 is 0 Å². The second-order valence-electron chi connectivity index (χ2n) is 7.48. The van der Waals surface area contributed by atoms with Crippen LogP contribution in [0.2, 0.25) is 13.3 Å². The molecule has 1 aliphatic carbocycles. The van der Waals surface area contributed by atoms with E-state index in [1.165, 1.54) is 71.1 Å². The Morgan fingerprint density at radius 3 is 1.83 bits per heavy atom. The van der Waals surface area contributed by atoms with E-state index in [9.17, 15) is 4.79 Å². The molecule has 0 unspecified atom stereocenters. The van der Waals surface area contributed by atoms with Crippen LogP contribution in [0.25, 0.3) is 0 Å². The van der Waals surface area contributed by atoms with Crippen LogP contribution in [-0.4, -0.2) is 31.0 Å². The monoisotopic (exact) mass is 444 g/mol. The Kier molecular flexibility index (Phi) is 11.4. The van der Waals surface area contributed by atoms with Crippen LogP contribution in [0.5, 0.6) is 0 Å². The van der Waals surface area contributed by atoms with Crippen molar-refractivity contribution in [3.8, 4) is 0 Å². The second-order valence-corrected chi connectivity index (χ2v) is 20.8. The van der Waals surface area contributed by atoms with Crippen LogP contribution in [-0.2, 0) is 9.53 Å². The summed E-state index contributed by atoms with van der Waals surface area (Å²) in [6.07, 6.45) is 12.6. The number of unbranched alkanes of at least 4 members (excludes halogenated alkanes) is 3. The molecule has 0 aliphatic heterocycles. The van der Waals surface area contributed by atoms with Crippen molar-refractivity contribution in [3.63, 3.8) is 0 Å². The van der Waals surface area contributed by atoms with E-state index in [1.54, 1.807) is 3.59 Å². The number of ether oxygens (including phenoxy) is 1. The van der Waals surface area contributed by atoms with Gasteiger partial charge >= 0.3 is 155 Å². The van der Waals surface area contributed by atoms with Crippen molar-refractivity contribution in [3.05, 3.63) is 9.16 Å². The Hall–Kier alpha value is 0.00870. The van der Waals surface area contributed by atoms with Crippen LogP contribution in [0.3, 0.4) is 0 Å². The summed E-state index contributed by atoms with van der Waals surface area (Å²) in [4.78, 5) is 12.6. The molecule has 0 bridgehead atoms. The van der Waals surface area contributed by atoms with Crippen molar-refractivity contribution in [2.24, 2.45) is 0 Å². The number of carbonyl (C=O) groups is 1. The first-order valence-electron chi connectivity index (χ1n) is 10.5. The first kappa shape index (κ1) is 22.1. The molecular formula is C21H40O2Sn. The van der Waals surface area contributed by atoms with E-state index in [0.29, 0.717) is 6.61 Å². The van der Waals surface area contributed by atoms with Gasteiger partial charge in [-0.1, -0.05) is 0 Å².